The summed E-state index contributed by atoms with van der Waals surface area (Å²) >= 11 is 6.89. The van der Waals surface area contributed by atoms with Gasteiger partial charge in [-0.15, -0.1) is 6.58 Å². The van der Waals surface area contributed by atoms with Gasteiger partial charge in [-0.2, -0.15) is 0 Å². The highest BCUT2D eigenvalue weighted by molar-refractivity contribution is 9.10. The number of carbonyl (C=O) groups is 2. The summed E-state index contributed by atoms with van der Waals surface area (Å²) in [5, 5.41) is 2.57. The fourth-order valence-electron chi connectivity index (χ4n) is 2.50. The fraction of sp³-hybridized carbons (Fsp3) is 0.100. The highest BCUT2D eigenvalue weighted by Gasteiger charge is 2.32. The Hall–Kier alpha value is -2.38. The van der Waals surface area contributed by atoms with Crippen molar-refractivity contribution >= 4 is 49.9 Å². The largest absolute Gasteiger partial charge is 0.488 e. The number of amides is 3. The number of ether oxygens (including phenoxy) is 1. The molecule has 1 saturated heterocycles. The number of halogens is 2. The molecule has 0 unspecified atom stereocenters. The van der Waals surface area contributed by atoms with E-state index in [0.29, 0.717) is 12.4 Å². The third kappa shape index (κ3) is 4.67. The van der Waals surface area contributed by atoms with Gasteiger partial charge in [0.2, 0.25) is 0 Å². The van der Waals surface area contributed by atoms with Gasteiger partial charge >= 0.3 is 6.03 Å². The number of imide groups is 1. The molecular weight excluding hydrogens is 476 g/mol. The maximum Gasteiger partial charge on any atom is 0.329 e. The molecule has 2 aromatic carbocycles. The molecule has 5 nitrogen and oxygen atoms in total. The first-order valence-corrected chi connectivity index (χ1v) is 9.69. The molecule has 0 atom stereocenters. The molecule has 1 N–H and O–H groups in total. The average Bonchev–Trinajstić information content (AvgIpc) is 2.90. The fourth-order valence-corrected chi connectivity index (χ4v) is 3.27. The molecule has 138 valence electrons. The summed E-state index contributed by atoms with van der Waals surface area (Å²) in [7, 11) is 0. The van der Waals surface area contributed by atoms with Crippen molar-refractivity contribution in [1.82, 2.24) is 10.2 Å². The molecule has 2 aromatic rings. The second-order valence-corrected chi connectivity index (χ2v) is 7.57. The van der Waals surface area contributed by atoms with Crippen LogP contribution in [0.5, 0.6) is 5.75 Å². The summed E-state index contributed by atoms with van der Waals surface area (Å²) < 4.78 is 7.61. The van der Waals surface area contributed by atoms with E-state index in [1.54, 1.807) is 6.08 Å². The van der Waals surface area contributed by atoms with Crippen molar-refractivity contribution in [2.24, 2.45) is 0 Å². The van der Waals surface area contributed by atoms with Gasteiger partial charge in [-0.05, 0) is 57.4 Å². The molecule has 0 aliphatic carbocycles. The molecule has 3 rings (SSSR count). The first-order chi connectivity index (χ1) is 13.0. The van der Waals surface area contributed by atoms with Crippen molar-refractivity contribution in [3.8, 4) is 5.75 Å². The summed E-state index contributed by atoms with van der Waals surface area (Å²) in [5.74, 6) is 0.321. The van der Waals surface area contributed by atoms with Crippen LogP contribution in [0.15, 0.2) is 69.8 Å². The minimum atomic E-state index is -0.445. The van der Waals surface area contributed by atoms with Crippen LogP contribution in [0.4, 0.5) is 4.79 Å². The van der Waals surface area contributed by atoms with Crippen LogP contribution in [0.25, 0.3) is 6.08 Å². The molecule has 1 heterocycles. The Morgan fingerprint density at radius 3 is 2.52 bits per heavy atom. The highest BCUT2D eigenvalue weighted by Crippen LogP contribution is 2.28. The van der Waals surface area contributed by atoms with Gasteiger partial charge in [0.1, 0.15) is 18.1 Å². The second-order valence-electron chi connectivity index (χ2n) is 5.80. The Balaban J connectivity index is 1.71. The summed E-state index contributed by atoms with van der Waals surface area (Å²) in [5.41, 5.74) is 2.05. The molecule has 0 radical (unpaired) electrons. The second kappa shape index (κ2) is 8.54. The van der Waals surface area contributed by atoms with E-state index >= 15 is 0 Å². The first kappa shape index (κ1) is 19.4. The number of nitrogens with zero attached hydrogens (tertiary/aromatic N) is 1. The van der Waals surface area contributed by atoms with Gasteiger partial charge in [0.25, 0.3) is 5.91 Å². The van der Waals surface area contributed by atoms with Crippen LogP contribution in [0, 0.1) is 0 Å². The van der Waals surface area contributed by atoms with Gasteiger partial charge in [0.15, 0.2) is 0 Å². The summed E-state index contributed by atoms with van der Waals surface area (Å²) in [6, 6.07) is 12.9. The van der Waals surface area contributed by atoms with E-state index in [-0.39, 0.29) is 18.1 Å². The zero-order valence-corrected chi connectivity index (χ0v) is 17.4. The Kier molecular flexibility index (Phi) is 6.13. The lowest BCUT2D eigenvalue weighted by Crippen LogP contribution is -2.30. The zero-order chi connectivity index (χ0) is 19.4. The maximum absolute atomic E-state index is 12.2. The van der Waals surface area contributed by atoms with E-state index in [0.717, 1.165) is 25.0 Å². The van der Waals surface area contributed by atoms with Crippen molar-refractivity contribution in [2.75, 3.05) is 6.54 Å². The zero-order valence-electron chi connectivity index (χ0n) is 14.2. The number of carbonyl (C=O) groups excluding carboxylic acids is 2. The quantitative estimate of drug-likeness (QED) is 0.356. The molecule has 1 aliphatic heterocycles. The van der Waals surface area contributed by atoms with E-state index in [1.807, 2.05) is 42.5 Å². The van der Waals surface area contributed by atoms with Crippen molar-refractivity contribution in [3.05, 3.63) is 80.9 Å². The molecule has 1 aliphatic rings. The molecule has 0 aromatic heterocycles. The smallest absolute Gasteiger partial charge is 0.329 e. The minimum Gasteiger partial charge on any atom is -0.488 e. The average molecular weight is 492 g/mol. The van der Waals surface area contributed by atoms with Gasteiger partial charge in [-0.3, -0.25) is 9.69 Å². The van der Waals surface area contributed by atoms with Crippen LogP contribution in [0.1, 0.15) is 11.1 Å². The van der Waals surface area contributed by atoms with E-state index in [1.165, 1.54) is 6.08 Å². The lowest BCUT2D eigenvalue weighted by Gasteiger charge is -2.09. The maximum atomic E-state index is 12.2. The number of hydrogen-bond donors (Lipinski definition) is 1. The summed E-state index contributed by atoms with van der Waals surface area (Å²) in [4.78, 5) is 25.1. The van der Waals surface area contributed by atoms with Crippen molar-refractivity contribution < 1.29 is 14.3 Å². The number of nitrogens with one attached hydrogen (secondary N) is 1. The van der Waals surface area contributed by atoms with Crippen molar-refractivity contribution in [3.63, 3.8) is 0 Å². The van der Waals surface area contributed by atoms with Crippen LogP contribution in [0.2, 0.25) is 0 Å². The molecule has 7 heteroatoms. The van der Waals surface area contributed by atoms with E-state index < -0.39 is 6.03 Å². The van der Waals surface area contributed by atoms with E-state index in [2.05, 4.69) is 43.8 Å². The Morgan fingerprint density at radius 2 is 1.85 bits per heavy atom. The lowest BCUT2D eigenvalue weighted by atomic mass is 10.2. The van der Waals surface area contributed by atoms with Crippen LogP contribution < -0.4 is 10.1 Å². The van der Waals surface area contributed by atoms with Crippen LogP contribution >= 0.6 is 31.9 Å². The van der Waals surface area contributed by atoms with Gasteiger partial charge in [-0.25, -0.2) is 4.79 Å². The summed E-state index contributed by atoms with van der Waals surface area (Å²) in [6.07, 6.45) is 3.14. The summed E-state index contributed by atoms with van der Waals surface area (Å²) in [6.45, 7) is 4.17. The SMILES string of the molecule is C=CCN1C(=O)N/C(=C/c2ccc(OCc3ccc(Br)cc3)c(Br)c2)C1=O. The van der Waals surface area contributed by atoms with Gasteiger partial charge in [0, 0.05) is 11.0 Å². The molecule has 0 bridgehead atoms. The van der Waals surface area contributed by atoms with Crippen LogP contribution in [-0.2, 0) is 11.4 Å². The highest BCUT2D eigenvalue weighted by atomic mass is 79.9. The predicted octanol–water partition coefficient (Wildman–Crippen LogP) is 4.87. The molecule has 3 amide bonds. The Bertz CT molecular complexity index is 923. The Morgan fingerprint density at radius 1 is 1.11 bits per heavy atom. The van der Waals surface area contributed by atoms with Gasteiger partial charge < -0.3 is 10.1 Å². The molecule has 0 spiro atoms. The first-order valence-electron chi connectivity index (χ1n) is 8.10. The topological polar surface area (TPSA) is 58.6 Å². The third-order valence-electron chi connectivity index (χ3n) is 3.85. The van der Waals surface area contributed by atoms with Crippen molar-refractivity contribution in [2.45, 2.75) is 6.61 Å². The number of benzene rings is 2. The lowest BCUT2D eigenvalue weighted by molar-refractivity contribution is -0.122. The van der Waals surface area contributed by atoms with E-state index in [9.17, 15) is 9.59 Å². The van der Waals surface area contributed by atoms with Gasteiger partial charge in [0.05, 0.1) is 4.47 Å². The number of urea groups is 1. The molecule has 27 heavy (non-hydrogen) atoms. The monoisotopic (exact) mass is 490 g/mol. The van der Waals surface area contributed by atoms with Crippen LogP contribution in [-0.4, -0.2) is 23.4 Å². The predicted molar refractivity (Wildman–Crippen MR) is 111 cm³/mol. The normalized spacial score (nSPS) is 15.2. The minimum absolute atomic E-state index is 0.175. The number of rotatable bonds is 6. The third-order valence-corrected chi connectivity index (χ3v) is 5.00. The van der Waals surface area contributed by atoms with Gasteiger partial charge in [-0.1, -0.05) is 40.2 Å². The van der Waals surface area contributed by atoms with Crippen molar-refractivity contribution in [1.29, 1.82) is 0 Å². The molecular formula is C20H16Br2N2O3. The standard InChI is InChI=1S/C20H16Br2N2O3/c1-2-9-24-19(25)17(23-20(24)26)11-14-5-8-18(16(22)10-14)27-12-13-3-6-15(21)7-4-13/h2-8,10-11H,1,9,12H2,(H,23,26)/b17-11+. The van der Waals surface area contributed by atoms with Crippen LogP contribution in [0.3, 0.4) is 0 Å². The van der Waals surface area contributed by atoms with E-state index in [4.69, 9.17) is 4.74 Å². The Labute approximate surface area is 174 Å². The molecule has 0 saturated carbocycles. The number of hydrogen-bond acceptors (Lipinski definition) is 3. The molecule has 1 fully saturated rings.